The quantitative estimate of drug-likeness (QED) is 0.308. The number of carbonyl (C=O) groups excluding carboxylic acids is 1. The van der Waals surface area contributed by atoms with Crippen LogP contribution in [0.5, 0.6) is 5.75 Å². The van der Waals surface area contributed by atoms with E-state index in [1.54, 1.807) is 0 Å². The summed E-state index contributed by atoms with van der Waals surface area (Å²) < 4.78 is 60.6. The summed E-state index contributed by atoms with van der Waals surface area (Å²) in [5, 5.41) is 11.8. The van der Waals surface area contributed by atoms with Gasteiger partial charge >= 0.3 is 12.1 Å². The first-order valence-electron chi connectivity index (χ1n) is 13.4. The third kappa shape index (κ3) is 6.83. The number of amides is 1. The van der Waals surface area contributed by atoms with Crippen LogP contribution in [0.4, 0.5) is 28.5 Å². The molecule has 5 rings (SSSR count). The average molecular weight is 643 g/mol. The van der Waals surface area contributed by atoms with Crippen molar-refractivity contribution in [2.45, 2.75) is 44.4 Å². The van der Waals surface area contributed by atoms with Crippen molar-refractivity contribution in [1.29, 1.82) is 0 Å². The zero-order valence-corrected chi connectivity index (χ0v) is 24.4. The highest BCUT2D eigenvalue weighted by Gasteiger charge is 2.46. The summed E-state index contributed by atoms with van der Waals surface area (Å²) in [6, 6.07) is 0.909. The molecule has 2 saturated heterocycles. The van der Waals surface area contributed by atoms with E-state index in [4.69, 9.17) is 16.3 Å². The monoisotopic (exact) mass is 642 g/mol. The molecule has 0 saturated carbocycles. The molecule has 1 atom stereocenters. The van der Waals surface area contributed by atoms with Gasteiger partial charge in [0.15, 0.2) is 16.7 Å². The van der Waals surface area contributed by atoms with Gasteiger partial charge < -0.3 is 14.7 Å². The number of hydrogen-bond acceptors (Lipinski definition) is 9. The van der Waals surface area contributed by atoms with Gasteiger partial charge in [0.1, 0.15) is 17.6 Å². The third-order valence-corrected chi connectivity index (χ3v) is 8.76. The van der Waals surface area contributed by atoms with E-state index in [-0.39, 0.29) is 52.4 Å². The van der Waals surface area contributed by atoms with E-state index in [0.717, 1.165) is 17.4 Å². The molecule has 1 aromatic carbocycles. The molecule has 2 aromatic heterocycles. The van der Waals surface area contributed by atoms with Gasteiger partial charge in [-0.15, -0.1) is 0 Å². The first-order valence-corrected chi connectivity index (χ1v) is 14.6. The number of nitrogens with zero attached hydrogens (tertiary/aromatic N) is 5. The van der Waals surface area contributed by atoms with Crippen LogP contribution in [-0.4, -0.2) is 75.8 Å². The Morgan fingerprint density at radius 2 is 1.91 bits per heavy atom. The Balaban J connectivity index is 1.37. The average Bonchev–Trinajstić information content (AvgIpc) is 3.60. The number of methoxy groups -OCH3 is 1. The molecule has 0 unspecified atom stereocenters. The minimum absolute atomic E-state index is 0.0299. The maximum Gasteiger partial charge on any atom is 0.404 e. The maximum absolute atomic E-state index is 14.7. The molecule has 1 amide bonds. The van der Waals surface area contributed by atoms with Crippen LogP contribution < -0.4 is 15.0 Å². The summed E-state index contributed by atoms with van der Waals surface area (Å²) in [6.07, 6.45) is -0.434. The molecule has 2 aliphatic heterocycles. The number of piperidine rings is 1. The number of benzene rings is 1. The predicted octanol–water partition coefficient (Wildman–Crippen LogP) is 5.48. The number of ether oxygens (including phenoxy) is 1. The Bertz CT molecular complexity index is 1470. The van der Waals surface area contributed by atoms with E-state index >= 15 is 0 Å². The van der Waals surface area contributed by atoms with Crippen LogP contribution in [0.3, 0.4) is 0 Å². The summed E-state index contributed by atoms with van der Waals surface area (Å²) in [6.45, 7) is 1.08. The van der Waals surface area contributed by atoms with Gasteiger partial charge in [-0.25, -0.2) is 19.3 Å². The first-order chi connectivity index (χ1) is 20.4. The number of nitrogens with one attached hydrogen (secondary N) is 1. The number of likely N-dealkylation sites (tertiary alicyclic amines) is 1. The van der Waals surface area contributed by atoms with Gasteiger partial charge in [0, 0.05) is 30.1 Å². The number of hydrogen-bond donors (Lipinski definition) is 2. The Kier molecular flexibility index (Phi) is 9.04. The number of carboxylic acids is 1. The number of alkyl halides is 3. The Morgan fingerprint density at radius 3 is 2.51 bits per heavy atom. The number of carbonyl (C=O) groups is 2. The molecule has 0 aliphatic carbocycles. The number of aromatic nitrogens is 3. The van der Waals surface area contributed by atoms with Crippen LogP contribution in [0.1, 0.15) is 41.0 Å². The van der Waals surface area contributed by atoms with E-state index in [1.807, 2.05) is 4.90 Å². The topological polar surface area (TPSA) is 121 Å². The number of carboxylic acid groups (broad SMARTS) is 1. The second kappa shape index (κ2) is 12.6. The molecule has 3 aromatic rings. The smallest absolute Gasteiger partial charge is 0.404 e. The molecule has 4 heterocycles. The number of halogens is 5. The number of rotatable bonds is 8. The molecule has 10 nitrogen and oxygen atoms in total. The molecular weight excluding hydrogens is 616 g/mol. The van der Waals surface area contributed by atoms with Crippen molar-refractivity contribution in [2.24, 2.45) is 5.92 Å². The van der Waals surface area contributed by atoms with Gasteiger partial charge in [0.2, 0.25) is 0 Å². The third-order valence-electron chi connectivity index (χ3n) is 7.52. The lowest BCUT2D eigenvalue weighted by Gasteiger charge is -2.30. The molecule has 0 radical (unpaired) electrons. The molecular formula is C27H27ClF4N6O4S. The summed E-state index contributed by atoms with van der Waals surface area (Å²) >= 11 is 7.16. The molecule has 43 heavy (non-hydrogen) atoms. The normalized spacial score (nSPS) is 18.2. The summed E-state index contributed by atoms with van der Waals surface area (Å²) in [7, 11) is 1.26. The van der Waals surface area contributed by atoms with Gasteiger partial charge in [-0.05, 0) is 44.4 Å². The lowest BCUT2D eigenvalue weighted by atomic mass is 9.97. The van der Waals surface area contributed by atoms with E-state index in [1.165, 1.54) is 30.5 Å². The SMILES string of the molecule is COc1c(F)cc(-c2nc(NC(=O)c3cnc(N4CCC(C(=O)O)CC4)cn3)sc2CN2CCC[C@H]2C(F)(F)F)cc1Cl. The van der Waals surface area contributed by atoms with Gasteiger partial charge in [0.05, 0.1) is 36.1 Å². The van der Waals surface area contributed by atoms with Gasteiger partial charge in [-0.2, -0.15) is 13.2 Å². The van der Waals surface area contributed by atoms with Crippen molar-refractivity contribution in [3.8, 4) is 17.0 Å². The number of thiazole rings is 1. The van der Waals surface area contributed by atoms with Gasteiger partial charge in [-0.3, -0.25) is 19.8 Å². The van der Waals surface area contributed by atoms with Crippen LogP contribution in [-0.2, 0) is 11.3 Å². The molecule has 0 spiro atoms. The summed E-state index contributed by atoms with van der Waals surface area (Å²) in [5.74, 6) is -2.33. The van der Waals surface area contributed by atoms with Crippen LogP contribution in [0.25, 0.3) is 11.3 Å². The van der Waals surface area contributed by atoms with Crippen molar-refractivity contribution in [3.63, 3.8) is 0 Å². The van der Waals surface area contributed by atoms with Crippen LogP contribution >= 0.6 is 22.9 Å². The number of anilines is 2. The minimum Gasteiger partial charge on any atom is -0.492 e. The van der Waals surface area contributed by atoms with Gasteiger partial charge in [0.25, 0.3) is 5.91 Å². The standard InChI is InChI=1S/C27H27ClF4N6O4S/c1-42-23-16(28)9-15(10-17(23)29)22-19(13-38-6-2-3-20(38)27(30,31)32)43-26(35-22)36-24(39)18-11-34-21(12-33-18)37-7-4-14(5-8-37)25(40)41/h9-12,14,20H,2-8,13H2,1H3,(H,40,41)(H,35,36,39)/t20-/m0/s1. The molecule has 2 fully saturated rings. The van der Waals surface area contributed by atoms with Crippen molar-refractivity contribution >= 4 is 45.8 Å². The van der Waals surface area contributed by atoms with Gasteiger partial charge in [-0.1, -0.05) is 22.9 Å². The maximum atomic E-state index is 14.7. The Hall–Kier alpha value is -3.56. The summed E-state index contributed by atoms with van der Waals surface area (Å²) in [5.41, 5.74) is 0.370. The van der Waals surface area contributed by atoms with Crippen LogP contribution in [0.2, 0.25) is 5.02 Å². The highest BCUT2D eigenvalue weighted by molar-refractivity contribution is 7.16. The predicted molar refractivity (Wildman–Crippen MR) is 151 cm³/mol. The first kappa shape index (κ1) is 30.9. The van der Waals surface area contributed by atoms with E-state index in [0.29, 0.717) is 43.0 Å². The van der Waals surface area contributed by atoms with Crippen molar-refractivity contribution in [1.82, 2.24) is 19.9 Å². The Labute approximate surface area is 252 Å². The second-order valence-electron chi connectivity index (χ2n) is 10.2. The number of aliphatic carboxylic acids is 1. The van der Waals surface area contributed by atoms with E-state index in [2.05, 4.69) is 20.3 Å². The van der Waals surface area contributed by atoms with Crippen LogP contribution in [0, 0.1) is 11.7 Å². The van der Waals surface area contributed by atoms with Crippen molar-refractivity contribution in [2.75, 3.05) is 37.0 Å². The fraction of sp³-hybridized carbons (Fsp3) is 0.444. The fourth-order valence-electron chi connectivity index (χ4n) is 5.32. The van der Waals surface area contributed by atoms with E-state index in [9.17, 15) is 32.3 Å². The van der Waals surface area contributed by atoms with Crippen molar-refractivity contribution < 1.29 is 37.0 Å². The summed E-state index contributed by atoms with van der Waals surface area (Å²) in [4.78, 5) is 40.7. The minimum atomic E-state index is -4.41. The lowest BCUT2D eigenvalue weighted by Crippen LogP contribution is -2.40. The fourth-order valence-corrected chi connectivity index (χ4v) is 6.61. The zero-order valence-electron chi connectivity index (χ0n) is 22.8. The largest absolute Gasteiger partial charge is 0.492 e. The highest BCUT2D eigenvalue weighted by Crippen LogP contribution is 2.40. The lowest BCUT2D eigenvalue weighted by molar-refractivity contribution is -0.177. The molecule has 16 heteroatoms. The molecule has 2 N–H and O–H groups in total. The highest BCUT2D eigenvalue weighted by atomic mass is 35.5. The Morgan fingerprint density at radius 1 is 1.16 bits per heavy atom. The molecule has 0 bridgehead atoms. The van der Waals surface area contributed by atoms with Crippen LogP contribution in [0.15, 0.2) is 24.5 Å². The van der Waals surface area contributed by atoms with Crippen molar-refractivity contribution in [3.05, 3.63) is 45.9 Å². The second-order valence-corrected chi connectivity index (χ2v) is 11.7. The molecule has 230 valence electrons. The van der Waals surface area contributed by atoms with E-state index < -0.39 is 35.8 Å². The molecule has 2 aliphatic rings. The zero-order chi connectivity index (χ0) is 30.9.